The predicted molar refractivity (Wildman–Crippen MR) is 120 cm³/mol. The Bertz CT molecular complexity index is 936. The zero-order valence-electron chi connectivity index (χ0n) is 15.7. The largest absolute Gasteiger partial charge is 0.384 e. The van der Waals surface area contributed by atoms with Gasteiger partial charge in [-0.3, -0.25) is 0 Å². The Morgan fingerprint density at radius 3 is 2.63 bits per heavy atom. The van der Waals surface area contributed by atoms with Crippen LogP contribution in [0.5, 0.6) is 0 Å². The zero-order chi connectivity index (χ0) is 18.6. The summed E-state index contributed by atoms with van der Waals surface area (Å²) in [6, 6.07) is 28.4. The van der Waals surface area contributed by atoms with E-state index < -0.39 is 0 Å². The van der Waals surface area contributed by atoms with Crippen LogP contribution in [0.15, 0.2) is 83.8 Å². The first-order chi connectivity index (χ1) is 13.2. The van der Waals surface area contributed by atoms with Gasteiger partial charge in [0, 0.05) is 28.7 Å². The van der Waals surface area contributed by atoms with E-state index in [1.165, 1.54) is 27.4 Å². The molecule has 1 aliphatic rings. The zero-order valence-corrected chi connectivity index (χ0v) is 16.5. The number of nitrogens with one attached hydrogen (secondary N) is 2. The maximum Gasteiger partial charge on any atom is 0.0520 e. The summed E-state index contributed by atoms with van der Waals surface area (Å²) in [5.41, 5.74) is 5.21. The molecule has 0 saturated carbocycles. The van der Waals surface area contributed by atoms with Crippen LogP contribution in [0, 0.1) is 0 Å². The first-order valence-electron chi connectivity index (χ1n) is 9.40. The molecule has 0 aromatic heterocycles. The molecule has 3 atom stereocenters. The summed E-state index contributed by atoms with van der Waals surface area (Å²) in [5.74, 6) is 4.70. The maximum absolute atomic E-state index is 4.19. The highest BCUT2D eigenvalue weighted by Crippen LogP contribution is 2.38. The van der Waals surface area contributed by atoms with E-state index in [1.54, 1.807) is 0 Å². The van der Waals surface area contributed by atoms with Crippen LogP contribution in [0.3, 0.4) is 0 Å². The van der Waals surface area contributed by atoms with Gasteiger partial charge in [-0.15, -0.1) is 0 Å². The molecule has 0 amide bonds. The topological polar surface area (TPSA) is 24.1 Å². The average Bonchev–Trinajstić information content (AvgIpc) is 3.11. The minimum absolute atomic E-state index is 0.0177. The smallest absolute Gasteiger partial charge is 0.0520 e. The summed E-state index contributed by atoms with van der Waals surface area (Å²) in [5, 5.41) is 7.36. The molecule has 0 fully saturated rings. The van der Waals surface area contributed by atoms with Crippen LogP contribution >= 0.6 is 10.5 Å². The summed E-state index contributed by atoms with van der Waals surface area (Å²) in [7, 11) is 0.0177. The fraction of sp³-hybridized carbons (Fsp3) is 0.208. The number of benzene rings is 3. The molecule has 2 nitrogen and oxygen atoms in total. The lowest BCUT2D eigenvalue weighted by atomic mass is 9.90. The van der Waals surface area contributed by atoms with Crippen molar-refractivity contribution in [2.45, 2.75) is 23.3 Å². The van der Waals surface area contributed by atoms with Crippen molar-refractivity contribution in [3.63, 3.8) is 0 Å². The van der Waals surface area contributed by atoms with Crippen molar-refractivity contribution < 1.29 is 0 Å². The van der Waals surface area contributed by atoms with Gasteiger partial charge < -0.3 is 10.6 Å². The molecule has 3 heteroatoms. The number of hydrogen-bond acceptors (Lipinski definition) is 2. The molecule has 0 aliphatic carbocycles. The minimum Gasteiger partial charge on any atom is -0.384 e. The Labute approximate surface area is 164 Å². The molecule has 0 bridgehead atoms. The molecular weight excluding hydrogens is 348 g/mol. The molecule has 1 heterocycles. The second-order valence-electron chi connectivity index (χ2n) is 7.17. The standard InChI is InChI=1S/C24H26N2S/c1-27(2)21-12-8-11-20(16-21)26-24(18-9-4-3-5-10-18)15-19-17-25-23-14-7-6-13-22(19)23/h3-14,16,19,24-26H,1,15,17H2,2H3. The van der Waals surface area contributed by atoms with Crippen molar-refractivity contribution in [1.29, 1.82) is 0 Å². The fourth-order valence-electron chi connectivity index (χ4n) is 3.82. The second-order valence-corrected chi connectivity index (χ2v) is 8.92. The van der Waals surface area contributed by atoms with E-state index in [4.69, 9.17) is 0 Å². The van der Waals surface area contributed by atoms with Gasteiger partial charge in [0.25, 0.3) is 0 Å². The highest BCUT2D eigenvalue weighted by Gasteiger charge is 2.25. The lowest BCUT2D eigenvalue weighted by molar-refractivity contribution is 0.600. The molecule has 138 valence electrons. The molecule has 27 heavy (non-hydrogen) atoms. The Morgan fingerprint density at radius 2 is 1.81 bits per heavy atom. The van der Waals surface area contributed by atoms with Crippen LogP contribution in [0.4, 0.5) is 11.4 Å². The van der Waals surface area contributed by atoms with Crippen LogP contribution in [0.25, 0.3) is 0 Å². The molecule has 3 aromatic carbocycles. The summed E-state index contributed by atoms with van der Waals surface area (Å²) in [6.45, 7) is 1.00. The van der Waals surface area contributed by atoms with Gasteiger partial charge in [0.1, 0.15) is 0 Å². The van der Waals surface area contributed by atoms with Crippen molar-refractivity contribution >= 4 is 27.7 Å². The monoisotopic (exact) mass is 374 g/mol. The molecule has 3 unspecified atom stereocenters. The van der Waals surface area contributed by atoms with Crippen molar-refractivity contribution in [2.75, 3.05) is 23.4 Å². The highest BCUT2D eigenvalue weighted by molar-refractivity contribution is 8.13. The van der Waals surface area contributed by atoms with Gasteiger partial charge >= 0.3 is 0 Å². The van der Waals surface area contributed by atoms with Gasteiger partial charge in [0.05, 0.1) is 6.04 Å². The Balaban J connectivity index is 1.61. The maximum atomic E-state index is 4.19. The number of para-hydroxylation sites is 1. The average molecular weight is 375 g/mol. The first kappa shape index (κ1) is 17.9. The van der Waals surface area contributed by atoms with E-state index in [9.17, 15) is 0 Å². The van der Waals surface area contributed by atoms with E-state index in [2.05, 4.69) is 102 Å². The Hall–Kier alpha value is -2.52. The highest BCUT2D eigenvalue weighted by atomic mass is 32.2. The molecule has 2 N–H and O–H groups in total. The van der Waals surface area contributed by atoms with E-state index in [0.29, 0.717) is 5.92 Å². The van der Waals surface area contributed by atoms with Crippen LogP contribution < -0.4 is 10.6 Å². The fourth-order valence-corrected chi connectivity index (χ4v) is 4.46. The van der Waals surface area contributed by atoms with Gasteiger partial charge in [0.15, 0.2) is 0 Å². The molecule has 0 radical (unpaired) electrons. The van der Waals surface area contributed by atoms with E-state index in [-0.39, 0.29) is 16.5 Å². The Kier molecular flexibility index (Phi) is 5.30. The number of anilines is 2. The molecule has 0 saturated heterocycles. The van der Waals surface area contributed by atoms with Gasteiger partial charge in [0.2, 0.25) is 0 Å². The SMILES string of the molecule is C=S(C)c1cccc(NC(CC2CNc3ccccc32)c2ccccc2)c1. The van der Waals surface area contributed by atoms with Gasteiger partial charge in [-0.1, -0.05) is 60.5 Å². The van der Waals surface area contributed by atoms with E-state index in [0.717, 1.165) is 13.0 Å². The van der Waals surface area contributed by atoms with E-state index >= 15 is 0 Å². The third-order valence-corrected chi connectivity index (χ3v) is 6.30. The minimum atomic E-state index is 0.0177. The Morgan fingerprint density at radius 1 is 1.04 bits per heavy atom. The van der Waals surface area contributed by atoms with Gasteiger partial charge in [-0.2, -0.15) is 10.5 Å². The van der Waals surface area contributed by atoms with Crippen LogP contribution in [0.2, 0.25) is 0 Å². The normalized spacial score (nSPS) is 17.6. The van der Waals surface area contributed by atoms with Crippen molar-refractivity contribution in [3.8, 4) is 0 Å². The van der Waals surface area contributed by atoms with Crippen LogP contribution in [0.1, 0.15) is 29.5 Å². The van der Waals surface area contributed by atoms with Crippen molar-refractivity contribution in [3.05, 3.63) is 90.0 Å². The lowest BCUT2D eigenvalue weighted by Gasteiger charge is -2.24. The second kappa shape index (κ2) is 8.01. The molecular formula is C24H26N2S. The number of hydrogen-bond donors (Lipinski definition) is 2. The third kappa shape index (κ3) is 4.09. The van der Waals surface area contributed by atoms with Crippen LogP contribution in [-0.2, 0) is 0 Å². The number of fused-ring (bicyclic) bond motifs is 1. The first-order valence-corrected chi connectivity index (χ1v) is 11.2. The van der Waals surface area contributed by atoms with Gasteiger partial charge in [-0.25, -0.2) is 0 Å². The third-order valence-electron chi connectivity index (χ3n) is 5.24. The quantitative estimate of drug-likeness (QED) is 0.507. The number of rotatable bonds is 6. The molecule has 4 rings (SSSR count). The summed E-state index contributed by atoms with van der Waals surface area (Å²) in [6.07, 6.45) is 3.22. The summed E-state index contributed by atoms with van der Waals surface area (Å²) >= 11 is 0. The molecule has 0 spiro atoms. The predicted octanol–water partition coefficient (Wildman–Crippen LogP) is 6.13. The van der Waals surface area contributed by atoms with E-state index in [1.807, 2.05) is 0 Å². The van der Waals surface area contributed by atoms with Gasteiger partial charge in [-0.05, 0) is 48.1 Å². The van der Waals surface area contributed by atoms with Crippen molar-refractivity contribution in [1.82, 2.24) is 0 Å². The lowest BCUT2D eigenvalue weighted by Crippen LogP contribution is -2.16. The summed E-state index contributed by atoms with van der Waals surface area (Å²) in [4.78, 5) is 1.29. The van der Waals surface area contributed by atoms with Crippen molar-refractivity contribution in [2.24, 2.45) is 0 Å². The molecule has 1 aliphatic heterocycles. The summed E-state index contributed by atoms with van der Waals surface area (Å²) < 4.78 is 0. The molecule has 3 aromatic rings. The van der Waals surface area contributed by atoms with Crippen LogP contribution in [-0.4, -0.2) is 18.7 Å².